The summed E-state index contributed by atoms with van der Waals surface area (Å²) in [5.74, 6) is -0.938. The van der Waals surface area contributed by atoms with Gasteiger partial charge < -0.3 is 19.2 Å². The summed E-state index contributed by atoms with van der Waals surface area (Å²) >= 11 is 0. The first-order chi connectivity index (χ1) is 16.4. The minimum Gasteiger partial charge on any atom is -0.501 e. The number of oxazole rings is 1. The number of aromatic nitrogens is 5. The monoisotopic (exact) mass is 457 g/mol. The summed E-state index contributed by atoms with van der Waals surface area (Å²) < 4.78 is 8.93. The minimum absolute atomic E-state index is 0.0251. The van der Waals surface area contributed by atoms with Crippen molar-refractivity contribution in [2.45, 2.75) is 25.3 Å². The predicted molar refractivity (Wildman–Crippen MR) is 123 cm³/mol. The summed E-state index contributed by atoms with van der Waals surface area (Å²) in [5.41, 5.74) is 1.74. The van der Waals surface area contributed by atoms with Crippen molar-refractivity contribution in [3.05, 3.63) is 58.4 Å². The van der Waals surface area contributed by atoms with Gasteiger partial charge in [0.1, 0.15) is 5.52 Å². The van der Waals surface area contributed by atoms with Gasteiger partial charge in [-0.1, -0.05) is 12.1 Å². The fraction of sp³-hybridized carbons (Fsp3) is 0.208. The molecule has 3 heterocycles. The molecule has 0 atom stereocenters. The normalized spacial score (nSPS) is 14.0. The fourth-order valence-corrected chi connectivity index (χ4v) is 4.31. The van der Waals surface area contributed by atoms with Crippen LogP contribution in [0.25, 0.3) is 45.4 Å². The average molecular weight is 457 g/mol. The van der Waals surface area contributed by atoms with Gasteiger partial charge in [-0.15, -0.1) is 0 Å². The molecule has 0 unspecified atom stereocenters. The summed E-state index contributed by atoms with van der Waals surface area (Å²) in [5, 5.41) is 20.1. The van der Waals surface area contributed by atoms with Gasteiger partial charge in [-0.25, -0.2) is 19.7 Å². The van der Waals surface area contributed by atoms with Gasteiger partial charge in [0.25, 0.3) is 5.56 Å². The van der Waals surface area contributed by atoms with E-state index in [0.29, 0.717) is 28.0 Å². The number of benzene rings is 2. The molecule has 0 amide bonds. The number of nitrogens with zero attached hydrogens (tertiary/aromatic N) is 5. The van der Waals surface area contributed by atoms with Crippen LogP contribution in [-0.4, -0.2) is 40.3 Å². The smallest absolute Gasteiger partial charge is 0.335 e. The Balaban J connectivity index is 1.62. The molecule has 1 saturated carbocycles. The third-order valence-corrected chi connectivity index (χ3v) is 6.34. The van der Waals surface area contributed by atoms with Crippen molar-refractivity contribution in [3.63, 3.8) is 0 Å². The number of rotatable bonds is 4. The van der Waals surface area contributed by atoms with Crippen molar-refractivity contribution in [2.24, 2.45) is 7.05 Å². The van der Waals surface area contributed by atoms with E-state index in [1.807, 2.05) is 10.6 Å². The molecule has 1 aliphatic carbocycles. The SMILES string of the molecule is Cn1c(-c2nc3ccc(C(=O)O)cc3n2C2CCC2)nc(-c2nc3ccccc3o2)c(O)c1=O. The lowest BCUT2D eigenvalue weighted by molar-refractivity contribution is 0.0697. The molecule has 3 aromatic heterocycles. The van der Waals surface area contributed by atoms with E-state index in [9.17, 15) is 19.8 Å². The second-order valence-electron chi connectivity index (χ2n) is 8.38. The third kappa shape index (κ3) is 2.92. The van der Waals surface area contributed by atoms with Crippen LogP contribution < -0.4 is 5.56 Å². The van der Waals surface area contributed by atoms with E-state index in [-0.39, 0.29) is 29.0 Å². The number of imidazole rings is 1. The molecule has 2 aromatic carbocycles. The highest BCUT2D eigenvalue weighted by Crippen LogP contribution is 2.39. The number of aromatic hydroxyl groups is 1. The molecule has 5 aromatic rings. The molecule has 1 fully saturated rings. The van der Waals surface area contributed by atoms with Gasteiger partial charge in [0, 0.05) is 13.1 Å². The largest absolute Gasteiger partial charge is 0.501 e. The van der Waals surface area contributed by atoms with Crippen LogP contribution in [0.3, 0.4) is 0 Å². The Bertz CT molecular complexity index is 1640. The molecule has 170 valence electrons. The van der Waals surface area contributed by atoms with E-state index in [1.54, 1.807) is 30.3 Å². The molecule has 34 heavy (non-hydrogen) atoms. The maximum absolute atomic E-state index is 13.0. The Morgan fingerprint density at radius 1 is 1.06 bits per heavy atom. The molecule has 10 heteroatoms. The predicted octanol–water partition coefficient (Wildman–Crippen LogP) is 3.73. The molecule has 6 rings (SSSR count). The van der Waals surface area contributed by atoms with Crippen LogP contribution in [-0.2, 0) is 7.05 Å². The maximum atomic E-state index is 13.0. The van der Waals surface area contributed by atoms with E-state index in [0.717, 1.165) is 19.3 Å². The number of hydrogen-bond donors (Lipinski definition) is 2. The van der Waals surface area contributed by atoms with Crippen molar-refractivity contribution in [1.29, 1.82) is 0 Å². The van der Waals surface area contributed by atoms with Crippen LogP contribution in [0.4, 0.5) is 0 Å². The number of aromatic carboxylic acids is 1. The van der Waals surface area contributed by atoms with Crippen molar-refractivity contribution in [1.82, 2.24) is 24.1 Å². The zero-order chi connectivity index (χ0) is 23.6. The molecule has 1 aliphatic rings. The Kier molecular flexibility index (Phi) is 4.31. The van der Waals surface area contributed by atoms with Gasteiger partial charge >= 0.3 is 5.97 Å². The first-order valence-corrected chi connectivity index (χ1v) is 10.8. The summed E-state index contributed by atoms with van der Waals surface area (Å²) in [6.45, 7) is 0. The van der Waals surface area contributed by atoms with Crippen LogP contribution in [0.15, 0.2) is 51.7 Å². The molecule has 0 spiro atoms. The zero-order valence-electron chi connectivity index (χ0n) is 18.1. The summed E-state index contributed by atoms with van der Waals surface area (Å²) in [6.07, 6.45) is 2.85. The number of fused-ring (bicyclic) bond motifs is 2. The lowest BCUT2D eigenvalue weighted by atomic mass is 9.92. The lowest BCUT2D eigenvalue weighted by Gasteiger charge is -2.29. The van der Waals surface area contributed by atoms with Crippen molar-refractivity contribution >= 4 is 28.1 Å². The average Bonchev–Trinajstić information content (AvgIpc) is 3.38. The van der Waals surface area contributed by atoms with Crippen molar-refractivity contribution in [3.8, 4) is 29.0 Å². The Labute approximate surface area is 191 Å². The van der Waals surface area contributed by atoms with Crippen LogP contribution in [0.2, 0.25) is 0 Å². The summed E-state index contributed by atoms with van der Waals surface area (Å²) in [7, 11) is 1.51. The standard InChI is InChI=1S/C24H19N5O5/c1-28-20(27-18(19(30)23(28)31)22-26-15-7-2-3-8-17(15)34-22)21-25-14-10-9-12(24(32)33)11-16(14)29(21)13-5-4-6-13/h2-3,7-11,13,30H,4-6H2,1H3,(H,32,33). The third-order valence-electron chi connectivity index (χ3n) is 6.34. The second kappa shape index (κ2) is 7.27. The molecule has 2 N–H and O–H groups in total. The van der Waals surface area contributed by atoms with Crippen LogP contribution in [0.1, 0.15) is 35.7 Å². The lowest BCUT2D eigenvalue weighted by Crippen LogP contribution is -2.24. The topological polar surface area (TPSA) is 136 Å². The Morgan fingerprint density at radius 2 is 1.85 bits per heavy atom. The second-order valence-corrected chi connectivity index (χ2v) is 8.38. The molecular weight excluding hydrogens is 438 g/mol. The number of hydrogen-bond acceptors (Lipinski definition) is 7. The summed E-state index contributed by atoms with van der Waals surface area (Å²) in [4.78, 5) is 38.2. The zero-order valence-corrected chi connectivity index (χ0v) is 18.1. The van der Waals surface area contributed by atoms with Crippen molar-refractivity contribution < 1.29 is 19.4 Å². The highest BCUT2D eigenvalue weighted by atomic mass is 16.4. The maximum Gasteiger partial charge on any atom is 0.335 e. The fourth-order valence-electron chi connectivity index (χ4n) is 4.31. The Morgan fingerprint density at radius 3 is 2.56 bits per heavy atom. The van der Waals surface area contributed by atoms with E-state index < -0.39 is 17.3 Å². The molecular formula is C24H19N5O5. The first kappa shape index (κ1) is 20.2. The van der Waals surface area contributed by atoms with E-state index in [2.05, 4.69) is 9.97 Å². The van der Waals surface area contributed by atoms with Crippen LogP contribution >= 0.6 is 0 Å². The number of carboxylic acids is 1. The number of carboxylic acid groups (broad SMARTS) is 1. The van der Waals surface area contributed by atoms with Gasteiger partial charge in [-0.3, -0.25) is 9.36 Å². The molecule has 0 aliphatic heterocycles. The van der Waals surface area contributed by atoms with Crippen LogP contribution in [0.5, 0.6) is 5.75 Å². The van der Waals surface area contributed by atoms with Gasteiger partial charge in [0.15, 0.2) is 22.9 Å². The van der Waals surface area contributed by atoms with Gasteiger partial charge in [-0.05, 0) is 49.6 Å². The quantitative estimate of drug-likeness (QED) is 0.417. The Hall–Kier alpha value is -4.47. The van der Waals surface area contributed by atoms with E-state index in [4.69, 9.17) is 9.40 Å². The number of para-hydroxylation sites is 2. The van der Waals surface area contributed by atoms with Crippen molar-refractivity contribution in [2.75, 3.05) is 0 Å². The highest BCUT2D eigenvalue weighted by molar-refractivity contribution is 5.93. The molecule has 0 radical (unpaired) electrons. The highest BCUT2D eigenvalue weighted by Gasteiger charge is 2.29. The van der Waals surface area contributed by atoms with Gasteiger partial charge in [0.2, 0.25) is 11.6 Å². The molecule has 0 saturated heterocycles. The summed E-state index contributed by atoms with van der Waals surface area (Å²) in [6, 6.07) is 11.9. The van der Waals surface area contributed by atoms with Gasteiger partial charge in [0.05, 0.1) is 16.6 Å². The molecule has 0 bridgehead atoms. The first-order valence-electron chi connectivity index (χ1n) is 10.8. The van der Waals surface area contributed by atoms with E-state index in [1.165, 1.54) is 17.7 Å². The van der Waals surface area contributed by atoms with E-state index >= 15 is 0 Å². The van der Waals surface area contributed by atoms with Gasteiger partial charge in [-0.2, -0.15) is 0 Å². The number of carbonyl (C=O) groups is 1. The van der Waals surface area contributed by atoms with Crippen LogP contribution in [0, 0.1) is 0 Å². The molecule has 10 nitrogen and oxygen atoms in total. The minimum atomic E-state index is -1.03.